The molecule has 0 aromatic heterocycles. The lowest BCUT2D eigenvalue weighted by Gasteiger charge is -2.46. The number of fused-ring (bicyclic) bond motifs is 3. The summed E-state index contributed by atoms with van der Waals surface area (Å²) >= 11 is 0. The van der Waals surface area contributed by atoms with E-state index in [9.17, 15) is 4.79 Å². The van der Waals surface area contributed by atoms with Crippen LogP contribution >= 0.6 is 0 Å². The van der Waals surface area contributed by atoms with Crippen LogP contribution in [0.2, 0.25) is 0 Å². The highest BCUT2D eigenvalue weighted by Crippen LogP contribution is 2.44. The normalized spacial score (nSPS) is 41.6. The fourth-order valence-corrected chi connectivity index (χ4v) is 5.14. The van der Waals surface area contributed by atoms with Crippen molar-refractivity contribution in [3.05, 3.63) is 12.2 Å². The molecule has 0 radical (unpaired) electrons. The monoisotopic (exact) mass is 318 g/mol. The maximum Gasteiger partial charge on any atom is 0.410 e. The van der Waals surface area contributed by atoms with E-state index in [2.05, 4.69) is 17.5 Å². The first kappa shape index (κ1) is 15.5. The molecule has 5 unspecified atom stereocenters. The molecule has 4 nitrogen and oxygen atoms in total. The Hall–Kier alpha value is -1.03. The second-order valence-corrected chi connectivity index (χ2v) is 8.95. The van der Waals surface area contributed by atoms with Gasteiger partial charge in [0.1, 0.15) is 5.60 Å². The summed E-state index contributed by atoms with van der Waals surface area (Å²) in [5.74, 6) is 1.68. The van der Waals surface area contributed by atoms with Crippen LogP contribution < -0.4 is 5.32 Å². The third-order valence-electron chi connectivity index (χ3n) is 6.15. The van der Waals surface area contributed by atoms with Gasteiger partial charge < -0.3 is 15.0 Å². The van der Waals surface area contributed by atoms with E-state index in [0.717, 1.165) is 37.5 Å². The van der Waals surface area contributed by atoms with Crippen LogP contribution in [0, 0.1) is 11.8 Å². The van der Waals surface area contributed by atoms with Crippen LogP contribution in [0.25, 0.3) is 0 Å². The molecule has 2 aliphatic carbocycles. The Morgan fingerprint density at radius 2 is 1.87 bits per heavy atom. The first-order valence-electron chi connectivity index (χ1n) is 9.35. The van der Waals surface area contributed by atoms with Gasteiger partial charge in [0.05, 0.1) is 0 Å². The molecule has 2 aliphatic heterocycles. The molecule has 128 valence electrons. The first-order valence-corrected chi connectivity index (χ1v) is 9.35. The molecule has 4 heteroatoms. The van der Waals surface area contributed by atoms with Gasteiger partial charge in [0, 0.05) is 24.2 Å². The maximum atomic E-state index is 12.5. The minimum atomic E-state index is -0.401. The van der Waals surface area contributed by atoms with Crippen molar-refractivity contribution in [1.29, 1.82) is 0 Å². The molecule has 1 amide bonds. The van der Waals surface area contributed by atoms with Crippen molar-refractivity contribution in [3.63, 3.8) is 0 Å². The van der Waals surface area contributed by atoms with Gasteiger partial charge >= 0.3 is 6.09 Å². The summed E-state index contributed by atoms with van der Waals surface area (Å²) < 4.78 is 5.62. The van der Waals surface area contributed by atoms with Gasteiger partial charge in [0.2, 0.25) is 0 Å². The zero-order valence-corrected chi connectivity index (χ0v) is 14.6. The Morgan fingerprint density at radius 1 is 1.17 bits per heavy atom. The number of carbonyl (C=O) groups excluding carboxylic acids is 1. The Bertz CT molecular complexity index is 496. The number of carbonyl (C=O) groups is 1. The fourth-order valence-electron chi connectivity index (χ4n) is 5.14. The van der Waals surface area contributed by atoms with Crippen LogP contribution in [0.5, 0.6) is 0 Å². The van der Waals surface area contributed by atoms with E-state index in [1.807, 2.05) is 25.7 Å². The summed E-state index contributed by atoms with van der Waals surface area (Å²) in [6.45, 7) is 5.84. The summed E-state index contributed by atoms with van der Waals surface area (Å²) in [7, 11) is 0. The lowest BCUT2D eigenvalue weighted by molar-refractivity contribution is 0.00256. The standard InChI is InChI=1S/C19H30N2O2/c1-19(2,3)23-18(22)21-14-7-8-15(21)11-13(10-14)20-17-9-12-5-4-6-16(12)17/h4,6,12-17,20H,5,7-11H2,1-3H3. The van der Waals surface area contributed by atoms with Crippen molar-refractivity contribution < 1.29 is 9.53 Å². The lowest BCUT2D eigenvalue weighted by atomic mass is 9.71. The molecule has 0 aromatic rings. The van der Waals surface area contributed by atoms with Gasteiger partial charge in [0.15, 0.2) is 0 Å². The third kappa shape index (κ3) is 2.90. The highest BCUT2D eigenvalue weighted by Gasteiger charge is 2.47. The number of ether oxygens (including phenoxy) is 1. The number of rotatable bonds is 2. The van der Waals surface area contributed by atoms with Crippen molar-refractivity contribution in [3.8, 4) is 0 Å². The Balaban J connectivity index is 1.34. The summed E-state index contributed by atoms with van der Waals surface area (Å²) in [5.41, 5.74) is -0.401. The molecule has 5 atom stereocenters. The molecule has 2 bridgehead atoms. The average Bonchev–Trinajstić information content (AvgIpc) is 2.93. The second kappa shape index (κ2) is 5.51. The van der Waals surface area contributed by atoms with E-state index in [1.54, 1.807) is 0 Å². The molecular weight excluding hydrogens is 288 g/mol. The molecule has 2 saturated heterocycles. The number of hydrogen-bond donors (Lipinski definition) is 1. The van der Waals surface area contributed by atoms with Crippen molar-refractivity contribution in [2.45, 2.75) is 89.1 Å². The average molecular weight is 318 g/mol. The van der Waals surface area contributed by atoms with Crippen LogP contribution in [0.15, 0.2) is 12.2 Å². The number of nitrogens with zero attached hydrogens (tertiary/aromatic N) is 1. The molecule has 1 N–H and O–H groups in total. The zero-order valence-electron chi connectivity index (χ0n) is 14.6. The first-order chi connectivity index (χ1) is 10.9. The third-order valence-corrected chi connectivity index (χ3v) is 6.15. The van der Waals surface area contributed by atoms with Gasteiger partial charge in [0.25, 0.3) is 0 Å². The maximum absolute atomic E-state index is 12.5. The number of piperidine rings is 1. The molecule has 1 saturated carbocycles. The van der Waals surface area contributed by atoms with E-state index in [4.69, 9.17) is 4.74 Å². The zero-order chi connectivity index (χ0) is 16.2. The molecular formula is C19H30N2O2. The van der Waals surface area contributed by atoms with E-state index in [0.29, 0.717) is 24.2 Å². The van der Waals surface area contributed by atoms with E-state index >= 15 is 0 Å². The van der Waals surface area contributed by atoms with E-state index < -0.39 is 5.60 Å². The Labute approximate surface area is 139 Å². The largest absolute Gasteiger partial charge is 0.444 e. The molecule has 23 heavy (non-hydrogen) atoms. The molecule has 0 spiro atoms. The van der Waals surface area contributed by atoms with Crippen LogP contribution in [0.4, 0.5) is 4.79 Å². The van der Waals surface area contributed by atoms with Crippen LogP contribution in [0.1, 0.15) is 59.3 Å². The summed E-state index contributed by atoms with van der Waals surface area (Å²) in [5, 5.41) is 3.91. The number of allylic oxidation sites excluding steroid dienone is 1. The van der Waals surface area contributed by atoms with Gasteiger partial charge in [-0.3, -0.25) is 0 Å². The molecule has 3 fully saturated rings. The summed E-state index contributed by atoms with van der Waals surface area (Å²) in [4.78, 5) is 14.5. The quantitative estimate of drug-likeness (QED) is 0.793. The second-order valence-electron chi connectivity index (χ2n) is 8.95. The SMILES string of the molecule is CC(C)(C)OC(=O)N1C2CCC1CC(NC1CC3CC=CC31)C2. The van der Waals surface area contributed by atoms with Gasteiger partial charge in [-0.1, -0.05) is 12.2 Å². The van der Waals surface area contributed by atoms with Crippen molar-refractivity contribution in [2.75, 3.05) is 0 Å². The van der Waals surface area contributed by atoms with Gasteiger partial charge in [-0.15, -0.1) is 0 Å². The Morgan fingerprint density at radius 3 is 2.48 bits per heavy atom. The van der Waals surface area contributed by atoms with Crippen LogP contribution in [-0.4, -0.2) is 40.8 Å². The predicted molar refractivity (Wildman–Crippen MR) is 90.2 cm³/mol. The minimum absolute atomic E-state index is 0.106. The van der Waals surface area contributed by atoms with Crippen molar-refractivity contribution >= 4 is 6.09 Å². The molecule has 0 aromatic carbocycles. The van der Waals surface area contributed by atoms with E-state index in [-0.39, 0.29) is 6.09 Å². The van der Waals surface area contributed by atoms with E-state index in [1.165, 1.54) is 12.8 Å². The Kier molecular flexibility index (Phi) is 3.71. The van der Waals surface area contributed by atoms with Gasteiger partial charge in [-0.2, -0.15) is 0 Å². The molecule has 4 aliphatic rings. The topological polar surface area (TPSA) is 41.6 Å². The highest BCUT2D eigenvalue weighted by molar-refractivity contribution is 5.69. The number of hydrogen-bond acceptors (Lipinski definition) is 3. The highest BCUT2D eigenvalue weighted by atomic mass is 16.6. The van der Waals surface area contributed by atoms with Crippen LogP contribution in [0.3, 0.4) is 0 Å². The van der Waals surface area contributed by atoms with Crippen molar-refractivity contribution in [1.82, 2.24) is 10.2 Å². The van der Waals surface area contributed by atoms with Crippen molar-refractivity contribution in [2.24, 2.45) is 11.8 Å². The number of nitrogens with one attached hydrogen (secondary N) is 1. The summed E-state index contributed by atoms with van der Waals surface area (Å²) in [6.07, 6.45) is 11.7. The lowest BCUT2D eigenvalue weighted by Crippen LogP contribution is -2.57. The van der Waals surface area contributed by atoms with Gasteiger partial charge in [-0.25, -0.2) is 4.79 Å². The fraction of sp³-hybridized carbons (Fsp3) is 0.842. The van der Waals surface area contributed by atoms with Crippen LogP contribution in [-0.2, 0) is 4.74 Å². The summed E-state index contributed by atoms with van der Waals surface area (Å²) in [6, 6.07) is 1.99. The minimum Gasteiger partial charge on any atom is -0.444 e. The van der Waals surface area contributed by atoms with Gasteiger partial charge in [-0.05, 0) is 71.1 Å². The smallest absolute Gasteiger partial charge is 0.410 e. The number of amides is 1. The predicted octanol–water partition coefficient (Wildman–Crippen LogP) is 3.47. The molecule has 2 heterocycles. The molecule has 4 rings (SSSR count).